The maximum absolute atomic E-state index is 6.13. The number of hydrogen-bond donors (Lipinski definition) is 0. The van der Waals surface area contributed by atoms with Crippen LogP contribution in [0.5, 0.6) is 0 Å². The third-order valence-corrected chi connectivity index (χ3v) is 11.0. The Morgan fingerprint density at radius 1 is 0.706 bits per heavy atom. The third kappa shape index (κ3) is 9.02. The van der Waals surface area contributed by atoms with Crippen LogP contribution >= 0.6 is 0 Å². The van der Waals surface area contributed by atoms with Gasteiger partial charge in [-0.25, -0.2) is 0 Å². The zero-order valence-electron chi connectivity index (χ0n) is 31.3. The smallest absolute Gasteiger partial charge is 0.121 e. The van der Waals surface area contributed by atoms with Gasteiger partial charge in [-0.15, -0.1) is 59.7 Å². The summed E-state index contributed by atoms with van der Waals surface area (Å²) < 4.78 is 6.13. The summed E-state index contributed by atoms with van der Waals surface area (Å²) in [6, 6.07) is 42.0. The van der Waals surface area contributed by atoms with Gasteiger partial charge in [0.15, 0.2) is 0 Å². The predicted octanol–water partition coefficient (Wildman–Crippen LogP) is 12.1. The molecule has 4 aromatic carbocycles. The standard InChI is InChI=1S/C27H22NO.C19H26NSi.Ir/c1-27(2,3)20-14-15-28-23(17-20)19-12-13-24-22(16-19)26-21(10-7-11-25(26)29-24)18-8-5-4-6-9-18;1-19(2,3)13-16-12-17(15-10-8-7-9-11-15)20-14-18(16)21(4,5)6;/h4-11,13-17H,1-3H3;7-10,12,14H,13H2,1-6H3;/q2*-1;. The van der Waals surface area contributed by atoms with E-state index in [1.807, 2.05) is 48.7 Å². The van der Waals surface area contributed by atoms with Crippen LogP contribution in [0.4, 0.5) is 0 Å². The van der Waals surface area contributed by atoms with Crippen molar-refractivity contribution in [2.75, 3.05) is 0 Å². The van der Waals surface area contributed by atoms with Gasteiger partial charge in [-0.05, 0) is 62.6 Å². The maximum atomic E-state index is 6.13. The van der Waals surface area contributed by atoms with E-state index in [-0.39, 0.29) is 30.9 Å². The molecule has 0 aliphatic rings. The Kier molecular flexibility index (Phi) is 11.4. The zero-order chi connectivity index (χ0) is 35.7. The molecule has 1 radical (unpaired) electrons. The quantitative estimate of drug-likeness (QED) is 0.128. The molecule has 0 N–H and O–H groups in total. The van der Waals surface area contributed by atoms with Gasteiger partial charge in [-0.2, -0.15) is 0 Å². The topological polar surface area (TPSA) is 38.9 Å². The Morgan fingerprint density at radius 3 is 2.10 bits per heavy atom. The molecule has 51 heavy (non-hydrogen) atoms. The average molecular weight is 865 g/mol. The number of fused-ring (bicyclic) bond motifs is 3. The fraction of sp³-hybridized carbons (Fsp3) is 0.261. The van der Waals surface area contributed by atoms with Crippen LogP contribution in [0.1, 0.15) is 52.7 Å². The largest absolute Gasteiger partial charge is 0.500 e. The average Bonchev–Trinajstić information content (AvgIpc) is 3.46. The van der Waals surface area contributed by atoms with Crippen molar-refractivity contribution in [3.05, 3.63) is 139 Å². The number of aromatic nitrogens is 2. The zero-order valence-corrected chi connectivity index (χ0v) is 34.7. The van der Waals surface area contributed by atoms with E-state index in [1.165, 1.54) is 27.4 Å². The number of hydrogen-bond acceptors (Lipinski definition) is 3. The van der Waals surface area contributed by atoms with Gasteiger partial charge in [0.2, 0.25) is 0 Å². The van der Waals surface area contributed by atoms with Crippen molar-refractivity contribution in [3.63, 3.8) is 0 Å². The fourth-order valence-corrected chi connectivity index (χ4v) is 7.99. The molecule has 7 rings (SSSR count). The molecule has 0 saturated carbocycles. The first-order chi connectivity index (χ1) is 23.7. The summed E-state index contributed by atoms with van der Waals surface area (Å²) in [5, 5.41) is 3.71. The van der Waals surface area contributed by atoms with E-state index < -0.39 is 8.07 Å². The molecule has 0 fully saturated rings. The van der Waals surface area contributed by atoms with Gasteiger partial charge in [-0.1, -0.05) is 127 Å². The molecule has 3 heterocycles. The summed E-state index contributed by atoms with van der Waals surface area (Å²) in [5.74, 6) is 0. The predicted molar refractivity (Wildman–Crippen MR) is 215 cm³/mol. The molecule has 0 aliphatic heterocycles. The van der Waals surface area contributed by atoms with Crippen LogP contribution in [0.3, 0.4) is 0 Å². The summed E-state index contributed by atoms with van der Waals surface area (Å²) >= 11 is 0. The molecular formula is C46H48IrN2OSi-2. The van der Waals surface area contributed by atoms with Crippen LogP contribution in [-0.2, 0) is 31.9 Å². The van der Waals surface area contributed by atoms with Crippen molar-refractivity contribution in [3.8, 4) is 33.6 Å². The second-order valence-corrected chi connectivity index (χ2v) is 21.5. The molecule has 0 amide bonds. The van der Waals surface area contributed by atoms with Crippen molar-refractivity contribution in [2.24, 2.45) is 5.41 Å². The van der Waals surface area contributed by atoms with Crippen molar-refractivity contribution < 1.29 is 24.5 Å². The fourth-order valence-electron chi connectivity index (χ4n) is 6.41. The molecule has 7 aromatic rings. The first-order valence-corrected chi connectivity index (χ1v) is 21.0. The number of pyridine rings is 2. The van der Waals surface area contributed by atoms with Crippen molar-refractivity contribution in [2.45, 2.75) is 73.0 Å². The number of rotatable bonds is 5. The molecule has 3 nitrogen and oxygen atoms in total. The van der Waals surface area contributed by atoms with Gasteiger partial charge in [-0.3, -0.25) is 0 Å². The van der Waals surface area contributed by atoms with Crippen LogP contribution in [-0.4, -0.2) is 18.0 Å². The summed E-state index contributed by atoms with van der Waals surface area (Å²) in [4.78, 5) is 9.32. The monoisotopic (exact) mass is 865 g/mol. The van der Waals surface area contributed by atoms with Crippen LogP contribution in [0.15, 0.2) is 120 Å². The molecule has 0 bridgehead atoms. The third-order valence-electron chi connectivity index (χ3n) is 8.92. The summed E-state index contributed by atoms with van der Waals surface area (Å²) in [6.07, 6.45) is 5.09. The molecule has 0 saturated heterocycles. The number of furan rings is 1. The summed E-state index contributed by atoms with van der Waals surface area (Å²) in [5.41, 5.74) is 11.2. The van der Waals surface area contributed by atoms with Crippen LogP contribution in [0.25, 0.3) is 55.6 Å². The van der Waals surface area contributed by atoms with Gasteiger partial charge in [0, 0.05) is 37.9 Å². The number of benzene rings is 4. The minimum atomic E-state index is -1.37. The van der Waals surface area contributed by atoms with E-state index in [9.17, 15) is 0 Å². The van der Waals surface area contributed by atoms with E-state index in [2.05, 4.69) is 145 Å². The van der Waals surface area contributed by atoms with Crippen LogP contribution in [0.2, 0.25) is 19.6 Å². The Bertz CT molecular complexity index is 2240. The molecule has 0 aliphatic carbocycles. The van der Waals surface area contributed by atoms with Gasteiger partial charge in [0.25, 0.3) is 0 Å². The Balaban J connectivity index is 0.000000205. The Morgan fingerprint density at radius 2 is 1.43 bits per heavy atom. The van der Waals surface area contributed by atoms with Gasteiger partial charge in [0.1, 0.15) is 5.58 Å². The number of nitrogens with zero attached hydrogens (tertiary/aromatic N) is 2. The van der Waals surface area contributed by atoms with E-state index in [0.29, 0.717) is 0 Å². The molecule has 0 unspecified atom stereocenters. The Labute approximate surface area is 319 Å². The van der Waals surface area contributed by atoms with Crippen molar-refractivity contribution in [1.29, 1.82) is 0 Å². The molecule has 0 atom stereocenters. The second-order valence-electron chi connectivity index (χ2n) is 16.4. The molecule has 5 heteroatoms. The van der Waals surface area contributed by atoms with Gasteiger partial charge < -0.3 is 14.4 Å². The van der Waals surface area contributed by atoms with Gasteiger partial charge in [0.05, 0.1) is 13.7 Å². The minimum absolute atomic E-state index is 0. The molecule has 3 aromatic heterocycles. The first-order valence-electron chi connectivity index (χ1n) is 17.5. The maximum Gasteiger partial charge on any atom is 0.121 e. The normalized spacial score (nSPS) is 11.9. The van der Waals surface area contributed by atoms with Crippen LogP contribution in [0, 0.1) is 17.5 Å². The van der Waals surface area contributed by atoms with E-state index in [1.54, 1.807) is 0 Å². The van der Waals surface area contributed by atoms with Gasteiger partial charge >= 0.3 is 0 Å². The van der Waals surface area contributed by atoms with Crippen molar-refractivity contribution >= 4 is 35.2 Å². The minimum Gasteiger partial charge on any atom is -0.500 e. The molecule has 0 spiro atoms. The Hall–Kier alpha value is -4.15. The second kappa shape index (κ2) is 15.2. The summed E-state index contributed by atoms with van der Waals surface area (Å²) in [6.45, 7) is 20.7. The van der Waals surface area contributed by atoms with E-state index in [0.717, 1.165) is 50.9 Å². The summed E-state index contributed by atoms with van der Waals surface area (Å²) in [7, 11) is -1.37. The van der Waals surface area contributed by atoms with E-state index in [4.69, 9.17) is 9.40 Å². The van der Waals surface area contributed by atoms with E-state index >= 15 is 0 Å². The molecule has 263 valence electrons. The first kappa shape index (κ1) is 38.1. The SMILES string of the molecule is CC(C)(C)Cc1cc(-c2[c-]cccc2)ncc1[Si](C)(C)C.CC(C)(C)c1ccnc(-c2[c-]cc3oc4cccc(-c5ccccc5)c4c3c2)c1.[Ir]. The van der Waals surface area contributed by atoms with Crippen LogP contribution < -0.4 is 5.19 Å². The van der Waals surface area contributed by atoms with Crippen molar-refractivity contribution in [1.82, 2.24) is 9.97 Å². The molecular weight excluding hydrogens is 817 g/mol.